The fraction of sp³-hybridized carbons (Fsp3) is 0. The van der Waals surface area contributed by atoms with E-state index in [0.717, 1.165) is 121 Å². The van der Waals surface area contributed by atoms with Crippen molar-refractivity contribution in [1.29, 1.82) is 0 Å². The Balaban J connectivity index is 1.24. The maximum absolute atomic E-state index is 6.81. The largest absolute Gasteiger partial charge is 0.436 e. The van der Waals surface area contributed by atoms with Gasteiger partial charge in [-0.3, -0.25) is 29.1 Å². The minimum atomic E-state index is 0.489. The molecule has 0 saturated heterocycles. The van der Waals surface area contributed by atoms with Gasteiger partial charge in [0.05, 0.1) is 66.2 Å². The molecule has 16 aromatic rings. The highest BCUT2D eigenvalue weighted by atomic mass is 16.3. The third kappa shape index (κ3) is 5.52. The van der Waals surface area contributed by atoms with Crippen LogP contribution in [0.15, 0.2) is 223 Å². The van der Waals surface area contributed by atoms with Crippen molar-refractivity contribution < 1.29 is 4.42 Å². The molecular weight excluding hydrogens is 901 g/mol. The summed E-state index contributed by atoms with van der Waals surface area (Å²) >= 11 is 0. The molecule has 0 N–H and O–H groups in total. The van der Waals surface area contributed by atoms with Gasteiger partial charge in [0.1, 0.15) is 16.9 Å². The molecule has 0 radical (unpaired) electrons. The topological polar surface area (TPSA) is 110 Å². The van der Waals surface area contributed by atoms with Crippen molar-refractivity contribution in [3.05, 3.63) is 219 Å². The fourth-order valence-corrected chi connectivity index (χ4v) is 11.5. The lowest BCUT2D eigenvalue weighted by molar-refractivity contribution is 0.620. The summed E-state index contributed by atoms with van der Waals surface area (Å²) in [6, 6.07) is 67.0. The van der Waals surface area contributed by atoms with Gasteiger partial charge in [0.2, 0.25) is 5.89 Å². The average Bonchev–Trinajstić information content (AvgIpc) is 4.27. The predicted molar refractivity (Wildman–Crippen MR) is 291 cm³/mol. The Morgan fingerprint density at radius 3 is 1.11 bits per heavy atom. The molecular formula is C62H36N10O. The van der Waals surface area contributed by atoms with Crippen molar-refractivity contribution in [3.8, 4) is 45.6 Å². The van der Waals surface area contributed by atoms with E-state index in [-0.39, 0.29) is 0 Å². The van der Waals surface area contributed by atoms with Crippen LogP contribution in [-0.4, -0.2) is 48.2 Å². The van der Waals surface area contributed by atoms with E-state index in [2.05, 4.69) is 164 Å². The number of oxazole rings is 1. The van der Waals surface area contributed by atoms with Crippen molar-refractivity contribution >= 4 is 98.8 Å². The second-order valence-electron chi connectivity index (χ2n) is 18.3. The molecule has 16 rings (SSSR count). The lowest BCUT2D eigenvalue weighted by atomic mass is 9.95. The highest BCUT2D eigenvalue weighted by molar-refractivity contribution is 6.14. The molecule has 0 atom stereocenters. The second kappa shape index (κ2) is 15.1. The molecule has 0 bridgehead atoms. The van der Waals surface area contributed by atoms with Crippen molar-refractivity contribution in [2.24, 2.45) is 0 Å². The maximum Gasteiger partial charge on any atom is 0.227 e. The van der Waals surface area contributed by atoms with E-state index in [1.807, 2.05) is 73.3 Å². The summed E-state index contributed by atoms with van der Waals surface area (Å²) in [6.45, 7) is 0. The van der Waals surface area contributed by atoms with Gasteiger partial charge in [0, 0.05) is 57.5 Å². The smallest absolute Gasteiger partial charge is 0.227 e. The number of pyridine rings is 5. The number of hydrogen-bond acceptors (Lipinski definition) is 7. The Kier molecular flexibility index (Phi) is 8.20. The zero-order valence-electron chi connectivity index (χ0n) is 38.7. The molecule has 340 valence electrons. The van der Waals surface area contributed by atoms with E-state index >= 15 is 0 Å². The molecule has 0 aliphatic rings. The molecule has 0 amide bonds. The average molecular weight is 937 g/mol. The molecule has 73 heavy (non-hydrogen) atoms. The van der Waals surface area contributed by atoms with Crippen LogP contribution in [0.25, 0.3) is 144 Å². The van der Waals surface area contributed by atoms with Crippen LogP contribution in [0.2, 0.25) is 0 Å². The quantitative estimate of drug-likeness (QED) is 0.163. The standard InChI is InChI=1S/C62H36N10O/c1-2-18-38(62-67-43-23-7-12-32-52(43)73-62)37(17-1)53-58(69-44-24-8-3-19-39(44)54-48(69)28-13-33-63-54)60(71-46-26-10-5-21-41(46)56-50(71)30-15-35-65-56)68-61(72-47-27-11-6-22-42(47)57-51(72)31-16-36-66-57)59(53)70-45-25-9-4-20-40(45)55-49(70)29-14-34-64-55/h1-36H. The first-order valence-electron chi connectivity index (χ1n) is 24.2. The van der Waals surface area contributed by atoms with Gasteiger partial charge in [-0.05, 0) is 96.6 Å². The predicted octanol–water partition coefficient (Wildman–Crippen LogP) is 14.5. The highest BCUT2D eigenvalue weighted by Gasteiger charge is 2.34. The molecule has 0 saturated carbocycles. The minimum Gasteiger partial charge on any atom is -0.436 e. The van der Waals surface area contributed by atoms with Crippen molar-refractivity contribution in [2.45, 2.75) is 0 Å². The summed E-state index contributed by atoms with van der Waals surface area (Å²) in [5.41, 5.74) is 16.5. The van der Waals surface area contributed by atoms with Gasteiger partial charge in [-0.1, -0.05) is 103 Å². The van der Waals surface area contributed by atoms with Crippen LogP contribution in [0.4, 0.5) is 0 Å². The molecule has 0 aliphatic heterocycles. The van der Waals surface area contributed by atoms with Crippen LogP contribution in [0.3, 0.4) is 0 Å². The van der Waals surface area contributed by atoms with Crippen molar-refractivity contribution in [1.82, 2.24) is 48.2 Å². The summed E-state index contributed by atoms with van der Waals surface area (Å²) in [5, 5.41) is 4.02. The number of rotatable bonds is 6. The first kappa shape index (κ1) is 39.6. The number of benzene rings is 6. The Bertz CT molecular complexity index is 4460. The van der Waals surface area contributed by atoms with Gasteiger partial charge in [-0.2, -0.15) is 0 Å². The number of hydrogen-bond donors (Lipinski definition) is 0. The molecule has 0 aliphatic carbocycles. The molecule has 0 unspecified atom stereocenters. The molecule has 11 heteroatoms. The number of nitrogens with zero attached hydrogens (tertiary/aromatic N) is 10. The second-order valence-corrected chi connectivity index (χ2v) is 18.3. The SMILES string of the molecule is c1ccc(-c2c(-n3c4ccccc4c4ncccc43)c(-n3c4ccccc4c4ncccc43)nc(-n3c4ccccc4c4ncccc43)c2-n2c3ccccc3c3ncccc32)c(-c2nc3ccccc3o2)c1. The monoisotopic (exact) mass is 936 g/mol. The van der Waals surface area contributed by atoms with Crippen molar-refractivity contribution in [3.63, 3.8) is 0 Å². The first-order chi connectivity index (χ1) is 36.3. The summed E-state index contributed by atoms with van der Waals surface area (Å²) in [4.78, 5) is 31.9. The molecule has 11 nitrogen and oxygen atoms in total. The van der Waals surface area contributed by atoms with Gasteiger partial charge in [0.15, 0.2) is 17.2 Å². The summed E-state index contributed by atoms with van der Waals surface area (Å²) in [5.74, 6) is 1.82. The van der Waals surface area contributed by atoms with Crippen LogP contribution in [0.5, 0.6) is 0 Å². The van der Waals surface area contributed by atoms with E-state index in [1.165, 1.54) is 0 Å². The molecule has 10 heterocycles. The number of para-hydroxylation sites is 6. The van der Waals surface area contributed by atoms with Crippen molar-refractivity contribution in [2.75, 3.05) is 0 Å². The number of fused-ring (bicyclic) bond motifs is 13. The highest BCUT2D eigenvalue weighted by Crippen LogP contribution is 2.50. The summed E-state index contributed by atoms with van der Waals surface area (Å²) < 4.78 is 16.1. The molecule has 0 fully saturated rings. The lowest BCUT2D eigenvalue weighted by Crippen LogP contribution is -2.16. The van der Waals surface area contributed by atoms with Crippen LogP contribution in [0.1, 0.15) is 0 Å². The third-order valence-corrected chi connectivity index (χ3v) is 14.4. The van der Waals surface area contributed by atoms with E-state index < -0.39 is 0 Å². The van der Waals surface area contributed by atoms with E-state index in [4.69, 9.17) is 34.3 Å². The van der Waals surface area contributed by atoms with Gasteiger partial charge in [-0.25, -0.2) is 9.97 Å². The normalized spacial score (nSPS) is 12.1. The number of aromatic nitrogens is 10. The zero-order chi connectivity index (χ0) is 47.7. The van der Waals surface area contributed by atoms with E-state index in [0.29, 0.717) is 23.1 Å². The third-order valence-electron chi connectivity index (χ3n) is 14.4. The molecule has 0 spiro atoms. The molecule has 6 aromatic carbocycles. The molecule has 10 aromatic heterocycles. The Morgan fingerprint density at radius 1 is 0.301 bits per heavy atom. The Morgan fingerprint density at radius 2 is 0.658 bits per heavy atom. The summed E-state index contributed by atoms with van der Waals surface area (Å²) in [6.07, 6.45) is 7.47. The zero-order valence-corrected chi connectivity index (χ0v) is 38.7. The van der Waals surface area contributed by atoms with Gasteiger partial charge in [-0.15, -0.1) is 0 Å². The maximum atomic E-state index is 6.81. The van der Waals surface area contributed by atoms with Crippen LogP contribution >= 0.6 is 0 Å². The van der Waals surface area contributed by atoms with E-state index in [9.17, 15) is 0 Å². The van der Waals surface area contributed by atoms with Crippen LogP contribution < -0.4 is 0 Å². The minimum absolute atomic E-state index is 0.489. The Hall–Kier alpha value is -10.3. The van der Waals surface area contributed by atoms with Gasteiger partial charge >= 0.3 is 0 Å². The van der Waals surface area contributed by atoms with Gasteiger partial charge < -0.3 is 13.6 Å². The summed E-state index contributed by atoms with van der Waals surface area (Å²) in [7, 11) is 0. The van der Waals surface area contributed by atoms with E-state index in [1.54, 1.807) is 0 Å². The van der Waals surface area contributed by atoms with Crippen LogP contribution in [-0.2, 0) is 0 Å². The Labute approximate surface area is 414 Å². The fourth-order valence-electron chi connectivity index (χ4n) is 11.5. The van der Waals surface area contributed by atoms with Crippen LogP contribution in [0, 0.1) is 0 Å². The lowest BCUT2D eigenvalue weighted by Gasteiger charge is -2.27. The first-order valence-corrected chi connectivity index (χ1v) is 24.2. The van der Waals surface area contributed by atoms with Gasteiger partial charge in [0.25, 0.3) is 0 Å².